The summed E-state index contributed by atoms with van der Waals surface area (Å²) < 4.78 is 1.95. The van der Waals surface area contributed by atoms with Crippen LogP contribution >= 0.6 is 0 Å². The van der Waals surface area contributed by atoms with Crippen LogP contribution in [0.15, 0.2) is 42.7 Å². The Morgan fingerprint density at radius 3 is 2.60 bits per heavy atom. The van der Waals surface area contributed by atoms with E-state index in [0.717, 1.165) is 5.56 Å². The molecule has 1 heterocycles. The number of aryl methyl sites for hydroxylation is 1. The van der Waals surface area contributed by atoms with E-state index in [1.807, 2.05) is 42.2 Å². The van der Waals surface area contributed by atoms with Crippen molar-refractivity contribution in [3.8, 4) is 0 Å². The molecule has 5 nitrogen and oxygen atoms in total. The van der Waals surface area contributed by atoms with Crippen LogP contribution in [-0.2, 0) is 4.79 Å². The van der Waals surface area contributed by atoms with E-state index in [0.29, 0.717) is 12.5 Å². The predicted octanol–water partition coefficient (Wildman–Crippen LogP) is 3.00. The van der Waals surface area contributed by atoms with E-state index in [1.54, 1.807) is 0 Å². The standard InChI is InChI=1S/C20H28N4O/c1-14-11-22-24(13-14)16(3)15(2)21-12-19(25)23-20(18-9-10-18)17-7-5-4-6-8-17/h4-8,11,13,15-16,18,20-21H,9-10,12H2,1-3H3,(H,23,25)/t15-,16-,20+/m1/s1. The largest absolute Gasteiger partial charge is 0.348 e. The zero-order valence-electron chi connectivity index (χ0n) is 15.3. The maximum Gasteiger partial charge on any atom is 0.234 e. The molecule has 0 saturated heterocycles. The van der Waals surface area contributed by atoms with E-state index in [1.165, 1.54) is 18.4 Å². The topological polar surface area (TPSA) is 59.0 Å². The second kappa shape index (κ2) is 7.83. The zero-order chi connectivity index (χ0) is 17.8. The van der Waals surface area contributed by atoms with Gasteiger partial charge in [0.25, 0.3) is 0 Å². The number of hydrogen-bond acceptors (Lipinski definition) is 3. The predicted molar refractivity (Wildman–Crippen MR) is 99.2 cm³/mol. The normalized spacial score (nSPS) is 17.7. The summed E-state index contributed by atoms with van der Waals surface area (Å²) in [5.74, 6) is 0.631. The lowest BCUT2D eigenvalue weighted by Crippen LogP contribution is -2.42. The molecule has 1 aliphatic rings. The molecular formula is C20H28N4O. The van der Waals surface area contributed by atoms with Crippen molar-refractivity contribution >= 4 is 5.91 Å². The van der Waals surface area contributed by atoms with Gasteiger partial charge >= 0.3 is 0 Å². The van der Waals surface area contributed by atoms with Crippen LogP contribution in [0.2, 0.25) is 0 Å². The molecule has 1 aromatic heterocycles. The molecule has 25 heavy (non-hydrogen) atoms. The molecule has 2 N–H and O–H groups in total. The Balaban J connectivity index is 1.51. The van der Waals surface area contributed by atoms with Gasteiger partial charge in [0.05, 0.1) is 24.8 Å². The van der Waals surface area contributed by atoms with Gasteiger partial charge in [-0.3, -0.25) is 9.48 Å². The number of carbonyl (C=O) groups excluding carboxylic acids is 1. The summed E-state index contributed by atoms with van der Waals surface area (Å²) in [7, 11) is 0. The van der Waals surface area contributed by atoms with E-state index in [4.69, 9.17) is 0 Å². The number of benzene rings is 1. The minimum absolute atomic E-state index is 0.0523. The molecule has 1 aromatic carbocycles. The fraction of sp³-hybridized carbons (Fsp3) is 0.500. The molecule has 0 unspecified atom stereocenters. The van der Waals surface area contributed by atoms with Crippen LogP contribution in [0.25, 0.3) is 0 Å². The smallest absolute Gasteiger partial charge is 0.234 e. The quantitative estimate of drug-likeness (QED) is 0.777. The number of rotatable bonds is 8. The Hall–Kier alpha value is -2.14. The first kappa shape index (κ1) is 17.7. The SMILES string of the molecule is Cc1cnn([C@H](C)[C@@H](C)NCC(=O)N[C@@H](c2ccccc2)C2CC2)c1. The molecule has 1 fully saturated rings. The number of nitrogens with zero attached hydrogens (tertiary/aromatic N) is 2. The fourth-order valence-electron chi connectivity index (χ4n) is 3.10. The van der Waals surface area contributed by atoms with Crippen LogP contribution < -0.4 is 10.6 Å². The Morgan fingerprint density at radius 1 is 1.28 bits per heavy atom. The summed E-state index contributed by atoms with van der Waals surface area (Å²) in [5.41, 5.74) is 2.35. The van der Waals surface area contributed by atoms with Crippen molar-refractivity contribution in [3.63, 3.8) is 0 Å². The molecule has 0 bridgehead atoms. The summed E-state index contributed by atoms with van der Waals surface area (Å²) in [6.45, 7) is 6.55. The number of amides is 1. The summed E-state index contributed by atoms with van der Waals surface area (Å²) >= 11 is 0. The van der Waals surface area contributed by atoms with Gasteiger partial charge in [0.1, 0.15) is 0 Å². The van der Waals surface area contributed by atoms with E-state index in [2.05, 4.69) is 41.7 Å². The van der Waals surface area contributed by atoms with Gasteiger partial charge in [-0.2, -0.15) is 5.10 Å². The number of hydrogen-bond donors (Lipinski definition) is 2. The minimum Gasteiger partial charge on any atom is -0.348 e. The molecule has 1 aliphatic carbocycles. The zero-order valence-corrected chi connectivity index (χ0v) is 15.3. The average molecular weight is 340 g/mol. The third kappa shape index (κ3) is 4.69. The highest BCUT2D eigenvalue weighted by Crippen LogP contribution is 2.40. The molecule has 0 spiro atoms. The molecular weight excluding hydrogens is 312 g/mol. The lowest BCUT2D eigenvalue weighted by molar-refractivity contribution is -0.121. The first-order valence-electron chi connectivity index (χ1n) is 9.13. The summed E-state index contributed by atoms with van der Waals surface area (Å²) in [6, 6.07) is 10.8. The van der Waals surface area contributed by atoms with E-state index in [-0.39, 0.29) is 24.0 Å². The lowest BCUT2D eigenvalue weighted by atomic mass is 10.0. The molecule has 134 valence electrons. The van der Waals surface area contributed by atoms with Crippen molar-refractivity contribution in [2.45, 2.75) is 51.7 Å². The van der Waals surface area contributed by atoms with Crippen LogP contribution in [0, 0.1) is 12.8 Å². The Bertz CT molecular complexity index is 693. The molecule has 1 saturated carbocycles. The van der Waals surface area contributed by atoms with Crippen molar-refractivity contribution in [2.24, 2.45) is 5.92 Å². The van der Waals surface area contributed by atoms with Gasteiger partial charge in [-0.05, 0) is 50.7 Å². The maximum absolute atomic E-state index is 12.4. The van der Waals surface area contributed by atoms with Crippen molar-refractivity contribution < 1.29 is 4.79 Å². The highest BCUT2D eigenvalue weighted by atomic mass is 16.2. The molecule has 3 rings (SSSR count). The maximum atomic E-state index is 12.4. The van der Waals surface area contributed by atoms with Crippen LogP contribution in [0.3, 0.4) is 0 Å². The monoisotopic (exact) mass is 340 g/mol. The van der Waals surface area contributed by atoms with Crippen LogP contribution in [0.1, 0.15) is 49.9 Å². The van der Waals surface area contributed by atoms with Gasteiger partial charge in [-0.15, -0.1) is 0 Å². The molecule has 5 heteroatoms. The van der Waals surface area contributed by atoms with Crippen LogP contribution in [0.5, 0.6) is 0 Å². The van der Waals surface area contributed by atoms with Gasteiger partial charge in [-0.25, -0.2) is 0 Å². The van der Waals surface area contributed by atoms with Gasteiger partial charge in [0, 0.05) is 12.2 Å². The molecule has 0 radical (unpaired) electrons. The van der Waals surface area contributed by atoms with E-state index >= 15 is 0 Å². The minimum atomic E-state index is 0.0523. The Morgan fingerprint density at radius 2 is 2.00 bits per heavy atom. The fourth-order valence-corrected chi connectivity index (χ4v) is 3.10. The number of nitrogens with one attached hydrogen (secondary N) is 2. The highest BCUT2D eigenvalue weighted by Gasteiger charge is 2.33. The Kier molecular flexibility index (Phi) is 5.53. The van der Waals surface area contributed by atoms with E-state index < -0.39 is 0 Å². The second-order valence-corrected chi connectivity index (χ2v) is 7.20. The van der Waals surface area contributed by atoms with Crippen molar-refractivity contribution in [1.82, 2.24) is 20.4 Å². The average Bonchev–Trinajstić information content (AvgIpc) is 3.38. The summed E-state index contributed by atoms with van der Waals surface area (Å²) in [5, 5.41) is 10.9. The van der Waals surface area contributed by atoms with Crippen LogP contribution in [-0.4, -0.2) is 28.3 Å². The van der Waals surface area contributed by atoms with Crippen LogP contribution in [0.4, 0.5) is 0 Å². The van der Waals surface area contributed by atoms with Gasteiger partial charge in [-0.1, -0.05) is 30.3 Å². The Labute approximate surface area is 149 Å². The van der Waals surface area contributed by atoms with Crippen molar-refractivity contribution in [1.29, 1.82) is 0 Å². The second-order valence-electron chi connectivity index (χ2n) is 7.20. The molecule has 3 atom stereocenters. The first-order chi connectivity index (χ1) is 12.0. The number of aromatic nitrogens is 2. The highest BCUT2D eigenvalue weighted by molar-refractivity contribution is 5.78. The molecule has 2 aromatic rings. The number of carbonyl (C=O) groups is 1. The lowest BCUT2D eigenvalue weighted by Gasteiger charge is -2.23. The van der Waals surface area contributed by atoms with Gasteiger partial charge in [0.15, 0.2) is 0 Å². The van der Waals surface area contributed by atoms with Gasteiger partial charge < -0.3 is 10.6 Å². The van der Waals surface area contributed by atoms with Gasteiger partial charge in [0.2, 0.25) is 5.91 Å². The summed E-state index contributed by atoms with van der Waals surface area (Å²) in [4.78, 5) is 12.4. The summed E-state index contributed by atoms with van der Waals surface area (Å²) in [6.07, 6.45) is 6.27. The molecule has 1 amide bonds. The first-order valence-corrected chi connectivity index (χ1v) is 9.13. The third-order valence-corrected chi connectivity index (χ3v) is 5.02. The van der Waals surface area contributed by atoms with Crippen molar-refractivity contribution in [2.75, 3.05) is 6.54 Å². The van der Waals surface area contributed by atoms with Crippen molar-refractivity contribution in [3.05, 3.63) is 53.9 Å². The third-order valence-electron chi connectivity index (χ3n) is 5.02. The molecule has 0 aliphatic heterocycles. The van der Waals surface area contributed by atoms with E-state index in [9.17, 15) is 4.79 Å².